The van der Waals surface area contributed by atoms with E-state index in [1.165, 1.54) is 41.7 Å². The molecule has 43 heavy (non-hydrogen) atoms. The molecule has 0 saturated carbocycles. The average Bonchev–Trinajstić information content (AvgIpc) is 3.40. The number of ether oxygens (including phenoxy) is 1. The van der Waals surface area contributed by atoms with Crippen molar-refractivity contribution in [2.24, 2.45) is 0 Å². The third-order valence-corrected chi connectivity index (χ3v) is 8.05. The van der Waals surface area contributed by atoms with Gasteiger partial charge in [0.2, 0.25) is 0 Å². The number of carbonyl (C=O) groups is 1. The van der Waals surface area contributed by atoms with Crippen molar-refractivity contribution in [3.63, 3.8) is 0 Å². The van der Waals surface area contributed by atoms with Crippen LogP contribution in [0.2, 0.25) is 0 Å². The molecule has 0 radical (unpaired) electrons. The summed E-state index contributed by atoms with van der Waals surface area (Å²) in [5, 5.41) is 21.9. The Balaban J connectivity index is 1.86. The molecule has 0 saturated heterocycles. The molecule has 5 nitrogen and oxygen atoms in total. The molecular formula is C31H33F6NO4S. The van der Waals surface area contributed by atoms with Crippen molar-refractivity contribution in [1.29, 1.82) is 0 Å². The number of halogens is 6. The molecule has 0 aliphatic carbocycles. The van der Waals surface area contributed by atoms with Crippen molar-refractivity contribution in [2.45, 2.75) is 57.8 Å². The van der Waals surface area contributed by atoms with Gasteiger partial charge in [0.1, 0.15) is 0 Å². The van der Waals surface area contributed by atoms with Gasteiger partial charge in [-0.15, -0.1) is 11.3 Å². The maximum absolute atomic E-state index is 13.3. The van der Waals surface area contributed by atoms with Crippen LogP contribution in [-0.2, 0) is 28.3 Å². The second-order valence-corrected chi connectivity index (χ2v) is 11.3. The first kappa shape index (κ1) is 34.3. The Bertz CT molecular complexity index is 1340. The molecular weight excluding hydrogens is 596 g/mol. The lowest BCUT2D eigenvalue weighted by Gasteiger charge is -2.33. The minimum absolute atomic E-state index is 0.0127. The fraction of sp³-hybridized carbons (Fsp3) is 0.387. The lowest BCUT2D eigenvalue weighted by Crippen LogP contribution is -2.40. The quantitative estimate of drug-likeness (QED) is 0.124. The van der Waals surface area contributed by atoms with Gasteiger partial charge >= 0.3 is 18.3 Å². The third kappa shape index (κ3) is 9.92. The van der Waals surface area contributed by atoms with Crippen LogP contribution in [0.25, 0.3) is 5.57 Å². The lowest BCUT2D eigenvalue weighted by atomic mass is 10.0. The van der Waals surface area contributed by atoms with Gasteiger partial charge in [0.15, 0.2) is 0 Å². The molecule has 0 aliphatic heterocycles. The first-order valence-electron chi connectivity index (χ1n) is 13.5. The van der Waals surface area contributed by atoms with Crippen LogP contribution >= 0.6 is 11.3 Å². The fourth-order valence-corrected chi connectivity index (χ4v) is 5.58. The maximum Gasteiger partial charge on any atom is 0.416 e. The summed E-state index contributed by atoms with van der Waals surface area (Å²) in [5.41, 5.74) is -1.13. The van der Waals surface area contributed by atoms with Crippen LogP contribution in [0.5, 0.6) is 0 Å². The van der Waals surface area contributed by atoms with Crippen LogP contribution in [0.1, 0.15) is 65.0 Å². The summed E-state index contributed by atoms with van der Waals surface area (Å²) < 4.78 is 84.6. The first-order chi connectivity index (χ1) is 20.1. The Hall–Kier alpha value is -3.19. The number of esters is 1. The van der Waals surface area contributed by atoms with Crippen molar-refractivity contribution < 1.29 is 46.1 Å². The molecule has 1 aromatic heterocycles. The van der Waals surface area contributed by atoms with Gasteiger partial charge in [-0.05, 0) is 80.3 Å². The number of carbonyl (C=O) groups excluding carboxylic acids is 1. The third-order valence-electron chi connectivity index (χ3n) is 6.80. The number of alkyl halides is 6. The SMILES string of the molecule is CCOC(=O)/C=C(\C)c1ccc(CC(C)N(CC(O)c2cccc(C(F)(F)F)c2)CC(O)c2cccc(C(F)(F)F)c2)s1. The van der Waals surface area contributed by atoms with Crippen LogP contribution in [0, 0.1) is 0 Å². The standard InChI is InChI=1S/C31H33F6NO4S/c1-4-42-29(41)13-19(2)28-12-11-25(43-28)14-20(3)38(17-26(39)21-7-5-9-23(15-21)30(32,33)34)18-27(40)22-8-6-10-24(16-22)31(35,36)37/h5-13,15-16,20,26-27,39-40H,4,14,17-18H2,1-3H3/b19-13+. The molecule has 3 rings (SSSR count). The van der Waals surface area contributed by atoms with E-state index >= 15 is 0 Å². The van der Waals surface area contributed by atoms with E-state index in [1.807, 2.05) is 12.1 Å². The number of benzene rings is 2. The van der Waals surface area contributed by atoms with Crippen molar-refractivity contribution in [1.82, 2.24) is 4.90 Å². The highest BCUT2D eigenvalue weighted by Gasteiger charge is 2.33. The highest BCUT2D eigenvalue weighted by molar-refractivity contribution is 7.13. The number of hydrogen-bond donors (Lipinski definition) is 2. The molecule has 0 aliphatic rings. The number of nitrogens with zero attached hydrogens (tertiary/aromatic N) is 1. The van der Waals surface area contributed by atoms with E-state index in [9.17, 15) is 41.4 Å². The average molecular weight is 630 g/mol. The van der Waals surface area contributed by atoms with Crippen LogP contribution in [-0.4, -0.2) is 46.8 Å². The lowest BCUT2D eigenvalue weighted by molar-refractivity contribution is -0.138. The van der Waals surface area contributed by atoms with Gasteiger partial charge in [0.05, 0.1) is 29.9 Å². The topological polar surface area (TPSA) is 70.0 Å². The van der Waals surface area contributed by atoms with Gasteiger partial charge in [-0.1, -0.05) is 24.3 Å². The van der Waals surface area contributed by atoms with Gasteiger partial charge in [-0.25, -0.2) is 4.79 Å². The summed E-state index contributed by atoms with van der Waals surface area (Å²) in [7, 11) is 0. The summed E-state index contributed by atoms with van der Waals surface area (Å²) in [4.78, 5) is 15.1. The zero-order chi connectivity index (χ0) is 31.9. The van der Waals surface area contributed by atoms with Crippen molar-refractivity contribution in [3.8, 4) is 0 Å². The van der Waals surface area contributed by atoms with Gasteiger partial charge in [0.25, 0.3) is 0 Å². The maximum atomic E-state index is 13.3. The molecule has 3 unspecified atom stereocenters. The second-order valence-electron chi connectivity index (χ2n) is 10.1. The number of aliphatic hydroxyl groups is 2. The van der Waals surface area contributed by atoms with E-state index in [4.69, 9.17) is 4.74 Å². The zero-order valence-corrected chi connectivity index (χ0v) is 24.6. The fourth-order valence-electron chi connectivity index (χ4n) is 4.49. The van der Waals surface area contributed by atoms with Crippen LogP contribution in [0.4, 0.5) is 26.3 Å². The molecule has 234 valence electrons. The number of aliphatic hydroxyl groups excluding tert-OH is 2. The van der Waals surface area contributed by atoms with E-state index in [2.05, 4.69) is 0 Å². The van der Waals surface area contributed by atoms with E-state index < -0.39 is 47.7 Å². The summed E-state index contributed by atoms with van der Waals surface area (Å²) in [6.45, 7) is 5.10. The second kappa shape index (κ2) is 14.5. The van der Waals surface area contributed by atoms with Crippen LogP contribution < -0.4 is 0 Å². The Labute approximate surface area is 250 Å². The van der Waals surface area contributed by atoms with E-state index in [0.717, 1.165) is 34.0 Å². The molecule has 0 bridgehead atoms. The Morgan fingerprint density at radius 1 is 0.907 bits per heavy atom. The number of rotatable bonds is 12. The number of hydrogen-bond acceptors (Lipinski definition) is 6. The first-order valence-corrected chi connectivity index (χ1v) is 14.3. The predicted molar refractivity (Wildman–Crippen MR) is 152 cm³/mol. The van der Waals surface area contributed by atoms with Gasteiger partial charge < -0.3 is 14.9 Å². The van der Waals surface area contributed by atoms with Crippen LogP contribution in [0.3, 0.4) is 0 Å². The molecule has 2 N–H and O–H groups in total. The van der Waals surface area contributed by atoms with Crippen molar-refractivity contribution >= 4 is 22.9 Å². The molecule has 12 heteroatoms. The minimum Gasteiger partial charge on any atom is -0.463 e. The highest BCUT2D eigenvalue weighted by atomic mass is 32.1. The molecule has 0 amide bonds. The summed E-state index contributed by atoms with van der Waals surface area (Å²) in [5.74, 6) is -0.471. The Morgan fingerprint density at radius 3 is 1.88 bits per heavy atom. The Kier molecular flexibility index (Phi) is 11.6. The van der Waals surface area contributed by atoms with E-state index in [1.54, 1.807) is 25.7 Å². The summed E-state index contributed by atoms with van der Waals surface area (Å²) in [6, 6.07) is 11.8. The van der Waals surface area contributed by atoms with Gasteiger partial charge in [-0.3, -0.25) is 4.90 Å². The normalized spacial score (nSPS) is 14.9. The minimum atomic E-state index is -4.61. The zero-order valence-electron chi connectivity index (χ0n) is 23.7. The number of allylic oxidation sites excluding steroid dienone is 1. The molecule has 3 atom stereocenters. The molecule has 2 aromatic carbocycles. The number of thiophene rings is 1. The summed E-state index contributed by atoms with van der Waals surface area (Å²) >= 11 is 1.41. The van der Waals surface area contributed by atoms with Crippen molar-refractivity contribution in [3.05, 3.63) is 98.7 Å². The van der Waals surface area contributed by atoms with Crippen LogP contribution in [0.15, 0.2) is 66.7 Å². The molecule has 3 aromatic rings. The van der Waals surface area contributed by atoms with E-state index in [0.29, 0.717) is 12.0 Å². The summed E-state index contributed by atoms with van der Waals surface area (Å²) in [6.07, 6.45) is -10.2. The van der Waals surface area contributed by atoms with Gasteiger partial charge in [0, 0.05) is 35.0 Å². The van der Waals surface area contributed by atoms with E-state index in [-0.39, 0.29) is 30.8 Å². The monoisotopic (exact) mass is 629 g/mol. The van der Waals surface area contributed by atoms with Crippen molar-refractivity contribution in [2.75, 3.05) is 19.7 Å². The molecule has 0 fully saturated rings. The Morgan fingerprint density at radius 2 is 1.42 bits per heavy atom. The molecule has 1 heterocycles. The van der Waals surface area contributed by atoms with Gasteiger partial charge in [-0.2, -0.15) is 26.3 Å². The predicted octanol–water partition coefficient (Wildman–Crippen LogP) is 7.45. The highest BCUT2D eigenvalue weighted by Crippen LogP contribution is 2.33. The molecule has 0 spiro atoms. The largest absolute Gasteiger partial charge is 0.463 e. The smallest absolute Gasteiger partial charge is 0.416 e.